The summed E-state index contributed by atoms with van der Waals surface area (Å²) in [5.74, 6) is -0.825. The Hall–Kier alpha value is -2.50. The van der Waals surface area contributed by atoms with E-state index in [-0.39, 0.29) is 18.2 Å². The Kier molecular flexibility index (Phi) is 2.63. The molecule has 0 saturated carbocycles. The summed E-state index contributed by atoms with van der Waals surface area (Å²) in [6, 6.07) is 7.25. The lowest BCUT2D eigenvalue weighted by molar-refractivity contribution is 0.174. The maximum atomic E-state index is 13.6. The molecule has 0 aliphatic carbocycles. The van der Waals surface area contributed by atoms with E-state index in [0.29, 0.717) is 17.2 Å². The van der Waals surface area contributed by atoms with Crippen molar-refractivity contribution in [1.82, 2.24) is 0 Å². The van der Waals surface area contributed by atoms with Gasteiger partial charge in [-0.25, -0.2) is 8.78 Å². The fraction of sp³-hybridized carbons (Fsp3) is 0.0769. The number of halogens is 2. The highest BCUT2D eigenvalue weighted by molar-refractivity contribution is 5.74. The number of nitrogens with two attached hydrogens (primary N) is 1. The van der Waals surface area contributed by atoms with Gasteiger partial charge in [-0.05, 0) is 24.3 Å². The van der Waals surface area contributed by atoms with Crippen molar-refractivity contribution in [3.8, 4) is 11.5 Å². The molecule has 0 fully saturated rings. The van der Waals surface area contributed by atoms with Crippen molar-refractivity contribution in [2.24, 2.45) is 0 Å². The molecule has 6 heteroatoms. The standard InChI is InChI=1S/C13H10F2N2O2/c14-8-2-3-9(16)13(12(8)15)17-7-1-4-10-11(5-7)19-6-18-10/h1-5,17H,6,16H2. The Morgan fingerprint density at radius 2 is 1.84 bits per heavy atom. The number of anilines is 3. The molecule has 3 rings (SSSR count). The minimum Gasteiger partial charge on any atom is -0.454 e. The van der Waals surface area contributed by atoms with Crippen molar-refractivity contribution < 1.29 is 18.3 Å². The molecule has 1 heterocycles. The van der Waals surface area contributed by atoms with Gasteiger partial charge in [-0.2, -0.15) is 0 Å². The average Bonchev–Trinajstić information content (AvgIpc) is 2.86. The molecule has 3 N–H and O–H groups in total. The lowest BCUT2D eigenvalue weighted by atomic mass is 10.2. The molecule has 0 saturated heterocycles. The van der Waals surface area contributed by atoms with Gasteiger partial charge in [-0.1, -0.05) is 0 Å². The van der Waals surface area contributed by atoms with Crippen LogP contribution in [-0.4, -0.2) is 6.79 Å². The topological polar surface area (TPSA) is 56.5 Å². The zero-order valence-electron chi connectivity index (χ0n) is 9.74. The molecule has 0 aromatic heterocycles. The smallest absolute Gasteiger partial charge is 0.231 e. The molecule has 1 aliphatic heterocycles. The number of benzene rings is 2. The Morgan fingerprint density at radius 1 is 1.05 bits per heavy atom. The van der Waals surface area contributed by atoms with Gasteiger partial charge in [-0.3, -0.25) is 0 Å². The summed E-state index contributed by atoms with van der Waals surface area (Å²) >= 11 is 0. The highest BCUT2D eigenvalue weighted by Gasteiger charge is 2.16. The number of fused-ring (bicyclic) bond motifs is 1. The predicted octanol–water partition coefficient (Wildman–Crippen LogP) is 3.02. The molecule has 0 unspecified atom stereocenters. The van der Waals surface area contributed by atoms with Crippen LogP contribution in [0.25, 0.3) is 0 Å². The predicted molar refractivity (Wildman–Crippen MR) is 66.6 cm³/mol. The Balaban J connectivity index is 1.96. The van der Waals surface area contributed by atoms with Crippen LogP contribution in [0.2, 0.25) is 0 Å². The van der Waals surface area contributed by atoms with Gasteiger partial charge >= 0.3 is 0 Å². The summed E-state index contributed by atoms with van der Waals surface area (Å²) in [6.45, 7) is 0.148. The van der Waals surface area contributed by atoms with Crippen LogP contribution in [0.3, 0.4) is 0 Å². The molecule has 4 nitrogen and oxygen atoms in total. The van der Waals surface area contributed by atoms with Crippen LogP contribution >= 0.6 is 0 Å². The second-order valence-corrected chi connectivity index (χ2v) is 4.02. The van der Waals surface area contributed by atoms with Crippen LogP contribution in [0.1, 0.15) is 0 Å². The molecular weight excluding hydrogens is 254 g/mol. The minimum absolute atomic E-state index is 0.0983. The molecule has 0 amide bonds. The first-order chi connectivity index (χ1) is 9.15. The van der Waals surface area contributed by atoms with Gasteiger partial charge in [0.05, 0.1) is 5.69 Å². The number of hydrogen-bond acceptors (Lipinski definition) is 4. The van der Waals surface area contributed by atoms with E-state index in [1.165, 1.54) is 6.07 Å². The first-order valence-electron chi connectivity index (χ1n) is 5.55. The summed E-state index contributed by atoms with van der Waals surface area (Å²) in [5, 5.41) is 2.74. The monoisotopic (exact) mass is 264 g/mol. The van der Waals surface area contributed by atoms with Gasteiger partial charge < -0.3 is 20.5 Å². The molecule has 0 atom stereocenters. The SMILES string of the molecule is Nc1ccc(F)c(F)c1Nc1ccc2c(c1)OCO2. The van der Waals surface area contributed by atoms with E-state index in [4.69, 9.17) is 15.2 Å². The van der Waals surface area contributed by atoms with E-state index in [1.807, 2.05) is 0 Å². The number of hydrogen-bond donors (Lipinski definition) is 2. The van der Waals surface area contributed by atoms with E-state index in [9.17, 15) is 8.78 Å². The van der Waals surface area contributed by atoms with E-state index < -0.39 is 11.6 Å². The van der Waals surface area contributed by atoms with Gasteiger partial charge in [-0.15, -0.1) is 0 Å². The van der Waals surface area contributed by atoms with Crippen molar-refractivity contribution in [1.29, 1.82) is 0 Å². The van der Waals surface area contributed by atoms with E-state index >= 15 is 0 Å². The largest absolute Gasteiger partial charge is 0.454 e. The second kappa shape index (κ2) is 4.31. The van der Waals surface area contributed by atoms with Gasteiger partial charge in [0, 0.05) is 11.8 Å². The third-order valence-corrected chi connectivity index (χ3v) is 2.77. The lowest BCUT2D eigenvalue weighted by Crippen LogP contribution is -2.01. The lowest BCUT2D eigenvalue weighted by Gasteiger charge is -2.11. The first-order valence-corrected chi connectivity index (χ1v) is 5.55. The molecule has 0 spiro atoms. The van der Waals surface area contributed by atoms with Crippen LogP contribution in [0, 0.1) is 11.6 Å². The van der Waals surface area contributed by atoms with Gasteiger partial charge in [0.15, 0.2) is 23.1 Å². The normalized spacial score (nSPS) is 12.5. The van der Waals surface area contributed by atoms with Crippen molar-refractivity contribution in [2.45, 2.75) is 0 Å². The molecule has 19 heavy (non-hydrogen) atoms. The van der Waals surface area contributed by atoms with Crippen molar-refractivity contribution >= 4 is 17.1 Å². The number of nitrogen functional groups attached to an aromatic ring is 1. The maximum Gasteiger partial charge on any atom is 0.231 e. The number of nitrogens with one attached hydrogen (secondary N) is 1. The molecular formula is C13H10F2N2O2. The molecule has 98 valence electrons. The summed E-state index contributed by atoms with van der Waals surface area (Å²) in [6.07, 6.45) is 0. The van der Waals surface area contributed by atoms with Gasteiger partial charge in [0.1, 0.15) is 5.69 Å². The molecule has 2 aromatic rings. The molecule has 0 radical (unpaired) electrons. The molecule has 1 aliphatic rings. The summed E-state index contributed by atoms with van der Waals surface area (Å²) in [7, 11) is 0. The maximum absolute atomic E-state index is 13.6. The van der Waals surface area contributed by atoms with E-state index in [2.05, 4.69) is 5.32 Å². The second-order valence-electron chi connectivity index (χ2n) is 4.02. The van der Waals surface area contributed by atoms with Crippen molar-refractivity contribution in [2.75, 3.05) is 17.8 Å². The Bertz CT molecular complexity index is 647. The molecule has 2 aromatic carbocycles. The zero-order valence-corrected chi connectivity index (χ0v) is 9.74. The Morgan fingerprint density at radius 3 is 2.68 bits per heavy atom. The fourth-order valence-electron chi connectivity index (χ4n) is 1.81. The summed E-state index contributed by atoms with van der Waals surface area (Å²) in [5.41, 5.74) is 6.18. The third kappa shape index (κ3) is 2.01. The highest BCUT2D eigenvalue weighted by atomic mass is 19.2. The summed E-state index contributed by atoms with van der Waals surface area (Å²) in [4.78, 5) is 0. The minimum atomic E-state index is -1.02. The van der Waals surface area contributed by atoms with E-state index in [0.717, 1.165) is 6.07 Å². The fourth-order valence-corrected chi connectivity index (χ4v) is 1.81. The average molecular weight is 264 g/mol. The van der Waals surface area contributed by atoms with Crippen LogP contribution in [0.4, 0.5) is 25.8 Å². The van der Waals surface area contributed by atoms with Crippen molar-refractivity contribution in [3.05, 3.63) is 42.0 Å². The van der Waals surface area contributed by atoms with Crippen LogP contribution in [0.15, 0.2) is 30.3 Å². The third-order valence-electron chi connectivity index (χ3n) is 2.77. The summed E-state index contributed by atoms with van der Waals surface area (Å²) < 4.78 is 37.2. The van der Waals surface area contributed by atoms with E-state index in [1.54, 1.807) is 18.2 Å². The van der Waals surface area contributed by atoms with Gasteiger partial charge in [0.25, 0.3) is 0 Å². The van der Waals surface area contributed by atoms with Gasteiger partial charge in [0.2, 0.25) is 6.79 Å². The number of rotatable bonds is 2. The first kappa shape index (κ1) is 11.6. The van der Waals surface area contributed by atoms with Crippen LogP contribution in [-0.2, 0) is 0 Å². The molecule has 0 bridgehead atoms. The quantitative estimate of drug-likeness (QED) is 0.819. The highest BCUT2D eigenvalue weighted by Crippen LogP contribution is 2.36. The van der Waals surface area contributed by atoms with Crippen LogP contribution in [0.5, 0.6) is 11.5 Å². The van der Waals surface area contributed by atoms with Crippen LogP contribution < -0.4 is 20.5 Å². The Labute approximate surface area is 107 Å². The number of ether oxygens (including phenoxy) is 2. The van der Waals surface area contributed by atoms with Crippen molar-refractivity contribution in [3.63, 3.8) is 0 Å². The zero-order chi connectivity index (χ0) is 13.4.